The van der Waals surface area contributed by atoms with Crippen molar-refractivity contribution in [2.45, 2.75) is 219 Å². The highest BCUT2D eigenvalue weighted by atomic mass is 19.4. The monoisotopic (exact) mass is 896 g/mol. The molecule has 0 radical (unpaired) electrons. The van der Waals surface area contributed by atoms with Gasteiger partial charge in [0.05, 0.1) is 16.6 Å². The third-order valence-corrected chi connectivity index (χ3v) is 15.6. The van der Waals surface area contributed by atoms with Crippen molar-refractivity contribution in [2.75, 3.05) is 60.4 Å². The zero-order valence-corrected chi connectivity index (χ0v) is 41.3. The molecule has 0 amide bonds. The van der Waals surface area contributed by atoms with E-state index in [1.54, 1.807) is 6.92 Å². The minimum Gasteiger partial charge on any atom is -0.387 e. The first-order valence-corrected chi connectivity index (χ1v) is 25.4. The molecule has 0 aromatic rings. The summed E-state index contributed by atoms with van der Waals surface area (Å²) in [5.74, 6) is 2.01. The van der Waals surface area contributed by atoms with Crippen molar-refractivity contribution in [3.05, 3.63) is 0 Å². The molecule has 62 heavy (non-hydrogen) atoms. The van der Waals surface area contributed by atoms with E-state index < -0.39 is 23.2 Å². The van der Waals surface area contributed by atoms with Crippen LogP contribution in [0.1, 0.15) is 190 Å². The van der Waals surface area contributed by atoms with Crippen LogP contribution in [0.3, 0.4) is 0 Å². The van der Waals surface area contributed by atoms with Crippen molar-refractivity contribution in [1.82, 2.24) is 14.7 Å². The number of halogens is 6. The van der Waals surface area contributed by atoms with Crippen LogP contribution in [0, 0.1) is 46.8 Å². The lowest BCUT2D eigenvalue weighted by molar-refractivity contribution is -0.181. The van der Waals surface area contributed by atoms with Crippen LogP contribution in [0.5, 0.6) is 0 Å². The second-order valence-corrected chi connectivity index (χ2v) is 22.9. The van der Waals surface area contributed by atoms with Gasteiger partial charge in [0.15, 0.2) is 0 Å². The number of nitrogens with zero attached hydrogens (tertiary/aromatic N) is 3. The first-order valence-electron chi connectivity index (χ1n) is 25.4. The third-order valence-electron chi connectivity index (χ3n) is 15.6. The maximum absolute atomic E-state index is 14.0. The van der Waals surface area contributed by atoms with Gasteiger partial charge in [-0.05, 0) is 95.2 Å². The van der Waals surface area contributed by atoms with Crippen molar-refractivity contribution in [3.63, 3.8) is 0 Å². The molecule has 3 saturated heterocycles. The molecule has 368 valence electrons. The summed E-state index contributed by atoms with van der Waals surface area (Å²) >= 11 is 0. The van der Waals surface area contributed by atoms with Gasteiger partial charge in [0.2, 0.25) is 0 Å². The Morgan fingerprint density at radius 3 is 1.15 bits per heavy atom. The van der Waals surface area contributed by atoms with Crippen molar-refractivity contribution in [3.8, 4) is 0 Å². The topological polar surface area (TPSA) is 50.2 Å². The highest BCUT2D eigenvalue weighted by Gasteiger charge is 2.59. The Morgan fingerprint density at radius 2 is 0.952 bits per heavy atom. The van der Waals surface area contributed by atoms with Gasteiger partial charge in [-0.3, -0.25) is 4.90 Å². The highest BCUT2D eigenvalue weighted by Crippen LogP contribution is 2.57. The number of aliphatic hydroxyl groups is 2. The van der Waals surface area contributed by atoms with Gasteiger partial charge >= 0.3 is 6.18 Å². The van der Waals surface area contributed by atoms with Gasteiger partial charge in [-0.2, -0.15) is 13.2 Å². The smallest absolute Gasteiger partial charge is 0.387 e. The fourth-order valence-electron chi connectivity index (χ4n) is 9.41. The molecule has 11 heteroatoms. The number of likely N-dealkylation sites (N-methyl/N-ethyl adjacent to an activating group) is 2. The maximum atomic E-state index is 14.0. The molecule has 0 bridgehead atoms. The second-order valence-electron chi connectivity index (χ2n) is 22.9. The lowest BCUT2D eigenvalue weighted by Gasteiger charge is -2.50. The lowest BCUT2D eigenvalue weighted by Crippen LogP contribution is -2.64. The van der Waals surface area contributed by atoms with E-state index in [0.717, 1.165) is 56.8 Å². The van der Waals surface area contributed by atoms with Crippen molar-refractivity contribution >= 4 is 0 Å². The molecule has 7 saturated carbocycles. The average molecular weight is 896 g/mol. The standard InChI is InChI=1S/C10H18FN.C10H19NO.C7H15NO.C6H12.C5H7F3.C5H10.C4H6F2.C4H8/c1-12-7-10(11,8-12)9-5-3-2-4-6-9;1-11-7-10(12,8-11)9-5-3-2-4-6-9;1-6(2)7(9)4-8(3)5-7;1-6-4-2-3-5-6;1-4(2-3-4)5(6,7)8;1-2-5-3-4-5;1-3-2-4(3,5)6;1-4-2-3-4/h9H,2-8H2,1H3;9,12H,2-8H2,1H3;6,9H,4-5H2,1-3H3;6H,2-5H2,1H3;2-3H2,1H3;5H,2-4H2,1H3;3H,2H2,1H3;4H,2-3H2,1H3. The van der Waals surface area contributed by atoms with Crippen molar-refractivity contribution in [2.24, 2.45) is 46.8 Å². The van der Waals surface area contributed by atoms with E-state index in [0.29, 0.717) is 43.7 Å². The molecule has 5 nitrogen and oxygen atoms in total. The van der Waals surface area contributed by atoms with E-state index in [4.69, 9.17) is 0 Å². The quantitative estimate of drug-likeness (QED) is 0.275. The summed E-state index contributed by atoms with van der Waals surface area (Å²) in [5.41, 5.74) is -2.81. The molecule has 2 N–H and O–H groups in total. The minimum absolute atomic E-state index is 0.104. The van der Waals surface area contributed by atoms with Crippen LogP contribution < -0.4 is 0 Å². The van der Waals surface area contributed by atoms with Crippen LogP contribution in [0.4, 0.5) is 26.3 Å². The van der Waals surface area contributed by atoms with Gasteiger partial charge < -0.3 is 20.0 Å². The van der Waals surface area contributed by atoms with Crippen LogP contribution >= 0.6 is 0 Å². The molecule has 10 fully saturated rings. The maximum Gasteiger partial charge on any atom is 0.394 e. The summed E-state index contributed by atoms with van der Waals surface area (Å²) in [6, 6.07) is 0. The molecule has 1 unspecified atom stereocenters. The Kier molecular flexibility index (Phi) is 21.9. The summed E-state index contributed by atoms with van der Waals surface area (Å²) in [5, 5.41) is 19.8. The molecule has 3 aliphatic heterocycles. The summed E-state index contributed by atoms with van der Waals surface area (Å²) in [6.07, 6.45) is 22.8. The van der Waals surface area contributed by atoms with Crippen LogP contribution in [-0.4, -0.2) is 114 Å². The van der Waals surface area contributed by atoms with Gasteiger partial charge in [-0.25, -0.2) is 13.2 Å². The van der Waals surface area contributed by atoms with Gasteiger partial charge in [-0.1, -0.05) is 145 Å². The fourth-order valence-corrected chi connectivity index (χ4v) is 9.41. The first-order chi connectivity index (χ1) is 28.8. The molecule has 10 rings (SSSR count). The third kappa shape index (κ3) is 19.7. The largest absolute Gasteiger partial charge is 0.394 e. The SMILES string of the molecule is CC(C)C1(O)CN(C)C1.CC1(C(F)(F)F)CC1.CC1CC1.CC1CC1(F)F.CC1CCCC1.CCC1CC1.CN1CC(F)(C2CCCCC2)C1.CN1CC(O)(C2CCCCC2)C1. The molecule has 7 aliphatic carbocycles. The number of hydrogen-bond donors (Lipinski definition) is 2. The molecule has 1 atom stereocenters. The van der Waals surface area contributed by atoms with Gasteiger partial charge in [-0.15, -0.1) is 0 Å². The Bertz CT molecular complexity index is 1170. The number of β-amino-alcohol motifs (C(OH)–C–C–N with tert-alkyl or cyclic N) is 2. The molecule has 3 heterocycles. The summed E-state index contributed by atoms with van der Waals surface area (Å²) < 4.78 is 71.9. The molecular weight excluding hydrogens is 801 g/mol. The van der Waals surface area contributed by atoms with Gasteiger partial charge in [0.25, 0.3) is 5.92 Å². The molecule has 0 spiro atoms. The van der Waals surface area contributed by atoms with Crippen molar-refractivity contribution in [1.29, 1.82) is 0 Å². The van der Waals surface area contributed by atoms with E-state index in [2.05, 4.69) is 56.4 Å². The van der Waals surface area contributed by atoms with Crippen LogP contribution in [0.15, 0.2) is 0 Å². The Balaban J connectivity index is 0.000000193. The predicted molar refractivity (Wildman–Crippen MR) is 245 cm³/mol. The zero-order valence-electron chi connectivity index (χ0n) is 41.3. The van der Waals surface area contributed by atoms with E-state index in [1.165, 1.54) is 116 Å². The fraction of sp³-hybridized carbons (Fsp3) is 1.00. The molecule has 0 aromatic carbocycles. The van der Waals surface area contributed by atoms with E-state index in [9.17, 15) is 36.6 Å². The lowest BCUT2D eigenvalue weighted by atomic mass is 9.73. The molecule has 10 aliphatic rings. The number of likely N-dealkylation sites (tertiary alicyclic amines) is 3. The highest BCUT2D eigenvalue weighted by molar-refractivity contribution is 5.01. The van der Waals surface area contributed by atoms with Gasteiger partial charge in [0, 0.05) is 51.6 Å². The molecular formula is C51H95F6N3O2. The Hall–Kier alpha value is -0.620. The first kappa shape index (κ1) is 55.7. The van der Waals surface area contributed by atoms with E-state index in [-0.39, 0.29) is 23.5 Å². The minimum atomic E-state index is -3.95. The average Bonchev–Trinajstić information content (AvgIpc) is 4.07. The second kappa shape index (κ2) is 24.4. The number of rotatable bonds is 4. The zero-order chi connectivity index (χ0) is 46.6. The number of hydrogen-bond acceptors (Lipinski definition) is 5. The van der Waals surface area contributed by atoms with Gasteiger partial charge in [0.1, 0.15) is 5.67 Å². The molecule has 0 aromatic heterocycles. The summed E-state index contributed by atoms with van der Waals surface area (Å²) in [4.78, 5) is 6.41. The van der Waals surface area contributed by atoms with E-state index in [1.807, 2.05) is 14.1 Å². The predicted octanol–water partition coefficient (Wildman–Crippen LogP) is 13.2. The summed E-state index contributed by atoms with van der Waals surface area (Å²) in [7, 11) is 6.11. The summed E-state index contributed by atoms with van der Waals surface area (Å²) in [6.45, 7) is 18.7. The number of alkyl halides is 6. The van der Waals surface area contributed by atoms with Crippen LogP contribution in [0.25, 0.3) is 0 Å². The van der Waals surface area contributed by atoms with Crippen molar-refractivity contribution < 1.29 is 36.6 Å². The normalized spacial score (nSPS) is 29.2. The van der Waals surface area contributed by atoms with Crippen LogP contribution in [0.2, 0.25) is 0 Å². The Morgan fingerprint density at radius 1 is 0.581 bits per heavy atom. The van der Waals surface area contributed by atoms with E-state index >= 15 is 0 Å². The Labute approximate surface area is 376 Å². The van der Waals surface area contributed by atoms with Crippen LogP contribution in [-0.2, 0) is 0 Å².